The molecule has 102 valence electrons. The molecule has 0 radical (unpaired) electrons. The Balaban J connectivity index is 2.93. The molecule has 0 aliphatic heterocycles. The molecule has 0 amide bonds. The maximum atomic E-state index is 11.2. The Labute approximate surface area is 113 Å². The van der Waals surface area contributed by atoms with Gasteiger partial charge in [-0.2, -0.15) is 0 Å². The zero-order valence-electron chi connectivity index (χ0n) is 12.2. The van der Waals surface area contributed by atoms with Crippen molar-refractivity contribution in [2.45, 2.75) is 47.1 Å². The van der Waals surface area contributed by atoms with Crippen LogP contribution in [-0.2, 0) is 6.42 Å². The average Bonchev–Trinajstić information content (AvgIpc) is 2.61. The molecule has 0 saturated heterocycles. The fourth-order valence-corrected chi connectivity index (χ4v) is 3.05. The van der Waals surface area contributed by atoms with Crippen LogP contribution in [0.5, 0.6) is 0 Å². The van der Waals surface area contributed by atoms with E-state index in [0.717, 1.165) is 17.4 Å². The normalized spacial score (nSPS) is 11.5. The highest BCUT2D eigenvalue weighted by molar-refractivity contribution is 5.97. The molecular weight excluding hydrogens is 238 g/mol. The van der Waals surface area contributed by atoms with Crippen molar-refractivity contribution in [3.63, 3.8) is 0 Å². The Morgan fingerprint density at radius 3 is 2.42 bits per heavy atom. The Hall–Kier alpha value is -1.77. The summed E-state index contributed by atoms with van der Waals surface area (Å²) in [6.07, 6.45) is 0.921. The summed E-state index contributed by atoms with van der Waals surface area (Å²) >= 11 is 0. The first-order valence-electron chi connectivity index (χ1n) is 6.75. The maximum absolute atomic E-state index is 11.2. The number of carboxylic acid groups (broad SMARTS) is 1. The van der Waals surface area contributed by atoms with Gasteiger partial charge in [0.05, 0.1) is 11.1 Å². The van der Waals surface area contributed by atoms with Crippen LogP contribution < -0.4 is 0 Å². The number of nitrogens with zero attached hydrogens (tertiary/aromatic N) is 1. The standard InChI is InChI=1S/C16H21NO2/c1-6-13-11(5)17(9(2)3)15-10(4)7-12(16(18)19)8-14(13)15/h7-9H,6H2,1-5H3,(H,18,19). The van der Waals surface area contributed by atoms with Gasteiger partial charge in [0.2, 0.25) is 0 Å². The third-order valence-corrected chi connectivity index (χ3v) is 3.78. The highest BCUT2D eigenvalue weighted by atomic mass is 16.4. The molecule has 19 heavy (non-hydrogen) atoms. The number of hydrogen-bond donors (Lipinski definition) is 1. The lowest BCUT2D eigenvalue weighted by molar-refractivity contribution is 0.0697. The summed E-state index contributed by atoms with van der Waals surface area (Å²) in [7, 11) is 0. The molecule has 0 saturated carbocycles. The molecule has 0 atom stereocenters. The van der Waals surface area contributed by atoms with Crippen LogP contribution in [0.25, 0.3) is 10.9 Å². The van der Waals surface area contributed by atoms with Gasteiger partial charge < -0.3 is 9.67 Å². The number of benzene rings is 1. The molecule has 0 spiro atoms. The summed E-state index contributed by atoms with van der Waals surface area (Å²) in [5.74, 6) is -0.859. The average molecular weight is 259 g/mol. The van der Waals surface area contributed by atoms with Crippen LogP contribution >= 0.6 is 0 Å². The molecule has 0 aliphatic carbocycles. The van der Waals surface area contributed by atoms with E-state index in [1.165, 1.54) is 16.8 Å². The first-order valence-corrected chi connectivity index (χ1v) is 6.75. The molecule has 0 aliphatic rings. The van der Waals surface area contributed by atoms with Gasteiger partial charge in [0, 0.05) is 17.1 Å². The summed E-state index contributed by atoms with van der Waals surface area (Å²) in [4.78, 5) is 11.2. The second-order valence-electron chi connectivity index (χ2n) is 5.38. The largest absolute Gasteiger partial charge is 0.478 e. The molecule has 3 heteroatoms. The van der Waals surface area contributed by atoms with E-state index in [-0.39, 0.29) is 0 Å². The van der Waals surface area contributed by atoms with E-state index >= 15 is 0 Å². The molecule has 1 N–H and O–H groups in total. The van der Waals surface area contributed by atoms with Gasteiger partial charge in [-0.25, -0.2) is 4.79 Å². The lowest BCUT2D eigenvalue weighted by Crippen LogP contribution is -2.04. The number of rotatable bonds is 3. The van der Waals surface area contributed by atoms with Gasteiger partial charge in [-0.05, 0) is 57.4 Å². The van der Waals surface area contributed by atoms with Crippen molar-refractivity contribution in [3.05, 3.63) is 34.5 Å². The smallest absolute Gasteiger partial charge is 0.335 e. The van der Waals surface area contributed by atoms with Crippen molar-refractivity contribution in [2.75, 3.05) is 0 Å². The van der Waals surface area contributed by atoms with Gasteiger partial charge in [0.1, 0.15) is 0 Å². The molecule has 3 nitrogen and oxygen atoms in total. The van der Waals surface area contributed by atoms with Crippen LogP contribution in [0.15, 0.2) is 12.1 Å². The van der Waals surface area contributed by atoms with E-state index in [1.807, 2.05) is 13.0 Å². The SMILES string of the molecule is CCc1c(C)n(C(C)C)c2c(C)cc(C(=O)O)cc12. The van der Waals surface area contributed by atoms with Crippen molar-refractivity contribution < 1.29 is 9.90 Å². The first kappa shape index (κ1) is 13.7. The van der Waals surface area contributed by atoms with Crippen molar-refractivity contribution in [3.8, 4) is 0 Å². The zero-order valence-corrected chi connectivity index (χ0v) is 12.2. The van der Waals surface area contributed by atoms with Crippen LogP contribution in [0.4, 0.5) is 0 Å². The Kier molecular flexibility index (Phi) is 3.40. The van der Waals surface area contributed by atoms with Crippen LogP contribution in [0.3, 0.4) is 0 Å². The Bertz CT molecular complexity index is 651. The number of carboxylic acids is 1. The zero-order chi connectivity index (χ0) is 14.3. The van der Waals surface area contributed by atoms with Gasteiger partial charge >= 0.3 is 5.97 Å². The van der Waals surface area contributed by atoms with Crippen LogP contribution in [0.2, 0.25) is 0 Å². The number of aromatic carboxylic acids is 1. The maximum Gasteiger partial charge on any atom is 0.335 e. The molecule has 0 unspecified atom stereocenters. The Morgan fingerprint density at radius 1 is 1.32 bits per heavy atom. The second kappa shape index (κ2) is 4.72. The number of hydrogen-bond acceptors (Lipinski definition) is 1. The number of aryl methyl sites for hydroxylation is 2. The highest BCUT2D eigenvalue weighted by Gasteiger charge is 2.18. The fourth-order valence-electron chi connectivity index (χ4n) is 3.05. The van der Waals surface area contributed by atoms with Crippen molar-refractivity contribution in [2.24, 2.45) is 0 Å². The van der Waals surface area contributed by atoms with Gasteiger partial charge in [-0.3, -0.25) is 0 Å². The van der Waals surface area contributed by atoms with Crippen LogP contribution in [-0.4, -0.2) is 15.6 Å². The molecule has 1 heterocycles. The lowest BCUT2D eigenvalue weighted by Gasteiger charge is -2.14. The van der Waals surface area contributed by atoms with Gasteiger partial charge in [-0.15, -0.1) is 0 Å². The minimum atomic E-state index is -0.859. The Morgan fingerprint density at radius 2 is 1.95 bits per heavy atom. The van der Waals surface area contributed by atoms with E-state index in [0.29, 0.717) is 11.6 Å². The summed E-state index contributed by atoms with van der Waals surface area (Å²) in [6.45, 7) is 10.6. The number of fused-ring (bicyclic) bond motifs is 1. The van der Waals surface area contributed by atoms with Crippen LogP contribution in [0, 0.1) is 13.8 Å². The quantitative estimate of drug-likeness (QED) is 0.901. The molecule has 0 fully saturated rings. The van der Waals surface area contributed by atoms with Gasteiger partial charge in [0.15, 0.2) is 0 Å². The minimum absolute atomic E-state index is 0.372. The first-order chi connectivity index (χ1) is 8.88. The van der Waals surface area contributed by atoms with Crippen molar-refractivity contribution in [1.29, 1.82) is 0 Å². The van der Waals surface area contributed by atoms with Crippen molar-refractivity contribution in [1.82, 2.24) is 4.57 Å². The summed E-state index contributed by atoms with van der Waals surface area (Å²) in [6, 6.07) is 3.95. The predicted octanol–water partition coefficient (Wildman–Crippen LogP) is 4.10. The third-order valence-electron chi connectivity index (χ3n) is 3.78. The topological polar surface area (TPSA) is 42.2 Å². The molecule has 1 aromatic carbocycles. The molecular formula is C16H21NO2. The number of aromatic nitrogens is 1. The van der Waals surface area contributed by atoms with E-state index in [9.17, 15) is 9.90 Å². The highest BCUT2D eigenvalue weighted by Crippen LogP contribution is 2.32. The van der Waals surface area contributed by atoms with Gasteiger partial charge in [-0.1, -0.05) is 6.92 Å². The fraction of sp³-hybridized carbons (Fsp3) is 0.438. The van der Waals surface area contributed by atoms with E-state index < -0.39 is 5.97 Å². The van der Waals surface area contributed by atoms with Crippen molar-refractivity contribution >= 4 is 16.9 Å². The lowest BCUT2D eigenvalue weighted by atomic mass is 10.0. The third kappa shape index (κ3) is 2.03. The van der Waals surface area contributed by atoms with Crippen LogP contribution in [0.1, 0.15) is 54.0 Å². The monoisotopic (exact) mass is 259 g/mol. The molecule has 2 aromatic rings. The molecule has 0 bridgehead atoms. The molecule has 2 rings (SSSR count). The minimum Gasteiger partial charge on any atom is -0.478 e. The van der Waals surface area contributed by atoms with E-state index in [2.05, 4.69) is 32.3 Å². The number of carbonyl (C=O) groups is 1. The molecule has 1 aromatic heterocycles. The van der Waals surface area contributed by atoms with E-state index in [4.69, 9.17) is 0 Å². The predicted molar refractivity (Wildman–Crippen MR) is 78.1 cm³/mol. The van der Waals surface area contributed by atoms with E-state index in [1.54, 1.807) is 6.07 Å². The van der Waals surface area contributed by atoms with Gasteiger partial charge in [0.25, 0.3) is 0 Å². The summed E-state index contributed by atoms with van der Waals surface area (Å²) < 4.78 is 2.31. The summed E-state index contributed by atoms with van der Waals surface area (Å²) in [5, 5.41) is 10.3. The second-order valence-corrected chi connectivity index (χ2v) is 5.38. The summed E-state index contributed by atoms with van der Waals surface area (Å²) in [5.41, 5.74) is 5.09.